The molecule has 0 aromatic heterocycles. The number of rotatable bonds is 5. The Kier molecular flexibility index (Phi) is 4.18. The summed E-state index contributed by atoms with van der Waals surface area (Å²) < 4.78 is 11.7. The predicted molar refractivity (Wildman–Crippen MR) is 76.4 cm³/mol. The van der Waals surface area contributed by atoms with Gasteiger partial charge in [-0.05, 0) is 24.8 Å². The number of hydrogen-bond acceptors (Lipinski definition) is 3. The van der Waals surface area contributed by atoms with Crippen molar-refractivity contribution in [1.29, 1.82) is 0 Å². The molecule has 0 amide bonds. The van der Waals surface area contributed by atoms with Gasteiger partial charge in [-0.2, -0.15) is 0 Å². The summed E-state index contributed by atoms with van der Waals surface area (Å²) in [7, 11) is 0. The van der Waals surface area contributed by atoms with E-state index >= 15 is 0 Å². The van der Waals surface area contributed by atoms with Crippen molar-refractivity contribution in [3.63, 3.8) is 0 Å². The zero-order chi connectivity index (χ0) is 13.8. The van der Waals surface area contributed by atoms with E-state index in [9.17, 15) is 4.79 Å². The second-order valence-corrected chi connectivity index (χ2v) is 5.87. The molecule has 0 N–H and O–H groups in total. The van der Waals surface area contributed by atoms with Gasteiger partial charge in [0.15, 0.2) is 5.79 Å². The Morgan fingerprint density at radius 2 is 2.10 bits per heavy atom. The molecule has 0 radical (unpaired) electrons. The number of aryl methyl sites for hydroxylation is 1. The maximum absolute atomic E-state index is 12.1. The summed E-state index contributed by atoms with van der Waals surface area (Å²) in [6, 6.07) is 10.2. The van der Waals surface area contributed by atoms with E-state index in [1.165, 1.54) is 5.56 Å². The molecule has 108 valence electrons. The smallest absolute Gasteiger partial charge is 0.168 e. The monoisotopic (exact) mass is 274 g/mol. The Morgan fingerprint density at radius 1 is 1.25 bits per heavy atom. The highest BCUT2D eigenvalue weighted by Crippen LogP contribution is 2.40. The Labute approximate surface area is 120 Å². The van der Waals surface area contributed by atoms with E-state index in [1.807, 2.05) is 18.2 Å². The molecule has 0 saturated carbocycles. The lowest BCUT2D eigenvalue weighted by molar-refractivity contribution is -0.199. The molecule has 2 aliphatic rings. The van der Waals surface area contributed by atoms with E-state index in [0.29, 0.717) is 18.6 Å². The zero-order valence-electron chi connectivity index (χ0n) is 11.8. The molecule has 3 rings (SSSR count). The molecule has 2 saturated heterocycles. The van der Waals surface area contributed by atoms with E-state index in [0.717, 1.165) is 38.7 Å². The van der Waals surface area contributed by atoms with Crippen molar-refractivity contribution in [2.24, 2.45) is 0 Å². The number of ketones is 1. The minimum atomic E-state index is -0.343. The van der Waals surface area contributed by atoms with E-state index < -0.39 is 0 Å². The Morgan fingerprint density at radius 3 is 2.85 bits per heavy atom. The van der Waals surface area contributed by atoms with E-state index in [1.54, 1.807) is 0 Å². The fraction of sp³-hybridized carbons (Fsp3) is 0.588. The fourth-order valence-corrected chi connectivity index (χ4v) is 3.19. The van der Waals surface area contributed by atoms with E-state index in [2.05, 4.69) is 12.1 Å². The van der Waals surface area contributed by atoms with Crippen molar-refractivity contribution in [3.8, 4) is 0 Å². The topological polar surface area (TPSA) is 35.5 Å². The fourth-order valence-electron chi connectivity index (χ4n) is 3.19. The molecule has 0 aliphatic carbocycles. The van der Waals surface area contributed by atoms with E-state index in [4.69, 9.17) is 9.47 Å². The first-order chi connectivity index (χ1) is 9.76. The second-order valence-electron chi connectivity index (χ2n) is 5.87. The van der Waals surface area contributed by atoms with Gasteiger partial charge in [0.25, 0.3) is 0 Å². The number of hydrogen-bond donors (Lipinski definition) is 0. The van der Waals surface area contributed by atoms with Crippen LogP contribution in [0.15, 0.2) is 30.3 Å². The summed E-state index contributed by atoms with van der Waals surface area (Å²) in [6.45, 7) is 0.800. The average Bonchev–Trinajstić information content (AvgIpc) is 3.09. The number of benzene rings is 1. The van der Waals surface area contributed by atoms with Crippen molar-refractivity contribution < 1.29 is 14.3 Å². The standard InChI is InChI=1S/C17H22O3/c18-15(8-7-14-5-2-1-3-6-14)13-16-9-11-17(20-16)10-4-12-19-17/h1-3,5-6,16H,4,7-13H2/t16-,17-/m1/s1. The molecule has 3 heteroatoms. The molecule has 2 heterocycles. The minimum absolute atomic E-state index is 0.0661. The largest absolute Gasteiger partial charge is 0.350 e. The van der Waals surface area contributed by atoms with Crippen molar-refractivity contribution in [2.45, 2.75) is 56.8 Å². The van der Waals surface area contributed by atoms with Crippen LogP contribution in [0.4, 0.5) is 0 Å². The molecule has 3 nitrogen and oxygen atoms in total. The van der Waals surface area contributed by atoms with Gasteiger partial charge in [-0.1, -0.05) is 30.3 Å². The first-order valence-corrected chi connectivity index (χ1v) is 7.63. The summed E-state index contributed by atoms with van der Waals surface area (Å²) in [5, 5.41) is 0. The zero-order valence-corrected chi connectivity index (χ0v) is 11.8. The molecular weight excluding hydrogens is 252 g/mol. The molecule has 20 heavy (non-hydrogen) atoms. The number of Topliss-reactive ketones (excluding diaryl/α,β-unsaturated/α-hetero) is 1. The highest BCUT2D eigenvalue weighted by Gasteiger charge is 2.43. The maximum Gasteiger partial charge on any atom is 0.168 e. The molecule has 0 bridgehead atoms. The van der Waals surface area contributed by atoms with Gasteiger partial charge in [-0.3, -0.25) is 4.79 Å². The number of ether oxygens (including phenoxy) is 2. The third-order valence-electron chi connectivity index (χ3n) is 4.29. The summed E-state index contributed by atoms with van der Waals surface area (Å²) in [4.78, 5) is 12.1. The van der Waals surface area contributed by atoms with Crippen LogP contribution in [0.25, 0.3) is 0 Å². The lowest BCUT2D eigenvalue weighted by Crippen LogP contribution is -2.28. The quantitative estimate of drug-likeness (QED) is 0.826. The van der Waals surface area contributed by atoms with Crippen molar-refractivity contribution in [3.05, 3.63) is 35.9 Å². The lowest BCUT2D eigenvalue weighted by Gasteiger charge is -2.22. The summed E-state index contributed by atoms with van der Waals surface area (Å²) in [5.74, 6) is -0.0430. The van der Waals surface area contributed by atoms with Gasteiger partial charge in [0, 0.05) is 25.7 Å². The van der Waals surface area contributed by atoms with Crippen LogP contribution in [0.3, 0.4) is 0 Å². The molecule has 1 aromatic carbocycles. The van der Waals surface area contributed by atoms with Crippen LogP contribution >= 0.6 is 0 Å². The first-order valence-electron chi connectivity index (χ1n) is 7.63. The minimum Gasteiger partial charge on any atom is -0.350 e. The van der Waals surface area contributed by atoms with Gasteiger partial charge in [-0.25, -0.2) is 0 Å². The molecule has 2 atom stereocenters. The molecule has 1 spiro atoms. The van der Waals surface area contributed by atoms with Crippen molar-refractivity contribution in [1.82, 2.24) is 0 Å². The first kappa shape index (κ1) is 13.8. The van der Waals surface area contributed by atoms with Crippen LogP contribution < -0.4 is 0 Å². The predicted octanol–water partition coefficient (Wildman–Crippen LogP) is 3.26. The van der Waals surface area contributed by atoms with Gasteiger partial charge < -0.3 is 9.47 Å². The van der Waals surface area contributed by atoms with Crippen LogP contribution in [0.2, 0.25) is 0 Å². The molecule has 2 fully saturated rings. The van der Waals surface area contributed by atoms with Gasteiger partial charge in [0.05, 0.1) is 12.7 Å². The van der Waals surface area contributed by atoms with Crippen molar-refractivity contribution in [2.75, 3.05) is 6.61 Å². The molecule has 0 unspecified atom stereocenters. The van der Waals surface area contributed by atoms with Gasteiger partial charge in [0.1, 0.15) is 5.78 Å². The highest BCUT2D eigenvalue weighted by molar-refractivity contribution is 5.79. The van der Waals surface area contributed by atoms with Gasteiger partial charge in [-0.15, -0.1) is 0 Å². The van der Waals surface area contributed by atoms with E-state index in [-0.39, 0.29) is 11.9 Å². The summed E-state index contributed by atoms with van der Waals surface area (Å²) in [5.41, 5.74) is 1.23. The van der Waals surface area contributed by atoms with Crippen LogP contribution in [-0.2, 0) is 20.7 Å². The van der Waals surface area contributed by atoms with Gasteiger partial charge >= 0.3 is 0 Å². The van der Waals surface area contributed by atoms with Crippen LogP contribution in [0.5, 0.6) is 0 Å². The SMILES string of the molecule is O=C(CCc1ccccc1)C[C@H]1CC[C@@]2(CCCO2)O1. The van der Waals surface area contributed by atoms with Gasteiger partial charge in [0.2, 0.25) is 0 Å². The third kappa shape index (κ3) is 3.28. The average molecular weight is 274 g/mol. The number of carbonyl (C=O) groups is 1. The van der Waals surface area contributed by atoms with Crippen LogP contribution in [-0.4, -0.2) is 24.3 Å². The summed E-state index contributed by atoms with van der Waals surface area (Å²) in [6.07, 6.45) is 6.01. The Hall–Kier alpha value is -1.19. The maximum atomic E-state index is 12.1. The normalized spacial score (nSPS) is 29.1. The van der Waals surface area contributed by atoms with Crippen LogP contribution in [0.1, 0.15) is 44.1 Å². The lowest BCUT2D eigenvalue weighted by atomic mass is 10.0. The van der Waals surface area contributed by atoms with Crippen LogP contribution in [0, 0.1) is 0 Å². The molecule has 2 aliphatic heterocycles. The summed E-state index contributed by atoms with van der Waals surface area (Å²) >= 11 is 0. The second kappa shape index (κ2) is 6.06. The number of carbonyl (C=O) groups excluding carboxylic acids is 1. The third-order valence-corrected chi connectivity index (χ3v) is 4.29. The van der Waals surface area contributed by atoms with Crippen molar-refractivity contribution >= 4 is 5.78 Å². The Bertz CT molecular complexity index is 449. The molecule has 1 aromatic rings. The Balaban J connectivity index is 1.43. The molecular formula is C17H22O3. The highest BCUT2D eigenvalue weighted by atomic mass is 16.7.